The van der Waals surface area contributed by atoms with Gasteiger partial charge in [-0.15, -0.1) is 60.7 Å². The number of rotatable bonds is 7. The van der Waals surface area contributed by atoms with E-state index in [4.69, 9.17) is 5.73 Å². The molecule has 0 unspecified atom stereocenters. The largest absolute Gasteiger partial charge is 0.351 e. The molecule has 0 saturated heterocycles. The van der Waals surface area contributed by atoms with Gasteiger partial charge in [-0.3, -0.25) is 0 Å². The molecule has 0 aliphatic rings. The van der Waals surface area contributed by atoms with Crippen molar-refractivity contribution in [3.8, 4) is 0 Å². The number of carbonyl (C=O) groups is 1. The fraction of sp³-hybridized carbons (Fsp3) is 0. The van der Waals surface area contributed by atoms with Gasteiger partial charge in [-0.05, 0) is 71.4 Å². The van der Waals surface area contributed by atoms with Crippen molar-refractivity contribution >= 4 is 108 Å². The third-order valence-electron chi connectivity index (χ3n) is 5.50. The number of benzene rings is 4. The summed E-state index contributed by atoms with van der Waals surface area (Å²) < 4.78 is 14.2. The minimum Gasteiger partial charge on any atom is -0.351 e. The third-order valence-corrected chi connectivity index (χ3v) is 6.76. The van der Waals surface area contributed by atoms with E-state index < -0.39 is 12.1 Å². The Balaban J connectivity index is 1.42. The summed E-state index contributed by atoms with van der Waals surface area (Å²) in [7, 11) is 0. The van der Waals surface area contributed by atoms with Crippen molar-refractivity contribution in [1.82, 2.24) is 15.0 Å². The molecule has 4 aromatic carbocycles. The molecule has 0 aliphatic heterocycles. The molecule has 5 aromatic rings. The summed E-state index contributed by atoms with van der Waals surface area (Å²) >= 11 is 17.7. The van der Waals surface area contributed by atoms with Crippen LogP contribution in [0.1, 0.15) is 0 Å². The second kappa shape index (κ2) is 12.2. The van der Waals surface area contributed by atoms with Crippen LogP contribution in [0.4, 0.5) is 49.5 Å². The number of nitrogens with one attached hydrogen (secondary N) is 3. The molecule has 5 N–H and O–H groups in total. The average molecular weight is 622 g/mol. The van der Waals surface area contributed by atoms with Crippen LogP contribution in [0.25, 0.3) is 10.8 Å². The molecule has 5 rings (SSSR count). The van der Waals surface area contributed by atoms with E-state index >= 15 is 0 Å². The van der Waals surface area contributed by atoms with E-state index in [1.54, 1.807) is 42.5 Å². The predicted molar refractivity (Wildman–Crippen MR) is 170 cm³/mol. The number of urea groups is 1. The van der Waals surface area contributed by atoms with Gasteiger partial charge in [-0.25, -0.2) is 4.79 Å². The Hall–Kier alpha value is -4.05. The number of aromatic nitrogens is 3. The molecule has 10 nitrogen and oxygen atoms in total. The van der Waals surface area contributed by atoms with Gasteiger partial charge in [-0.1, -0.05) is 6.07 Å². The summed E-state index contributed by atoms with van der Waals surface area (Å²) in [5.41, 5.74) is 7.42. The standard InChI is InChI=1S/C26H20FN9OS4/c27-23-32-25(29-13-2-1-3-15(38)8-13)34-26(33-23)30-14-4-5-18(19(9-14)31-24(28)37)35-36-20-11-17-12(7-22(20)41)6-16(39)10-21(17)40/h1-11,38-41H,(H3,28,31,37)(H2,29,30,32,33,34). The first-order chi connectivity index (χ1) is 19.6. The minimum absolute atomic E-state index is 0.0206. The van der Waals surface area contributed by atoms with E-state index in [1.165, 1.54) is 6.07 Å². The highest BCUT2D eigenvalue weighted by atomic mass is 32.1. The average Bonchev–Trinajstić information content (AvgIpc) is 2.88. The van der Waals surface area contributed by atoms with Crippen molar-refractivity contribution in [2.24, 2.45) is 16.0 Å². The van der Waals surface area contributed by atoms with Gasteiger partial charge in [0.1, 0.15) is 5.69 Å². The summed E-state index contributed by atoms with van der Waals surface area (Å²) in [5, 5.41) is 18.7. The lowest BCUT2D eigenvalue weighted by Crippen LogP contribution is -2.19. The number of nitrogens with zero attached hydrogens (tertiary/aromatic N) is 5. The number of hydrogen-bond acceptors (Lipinski definition) is 12. The van der Waals surface area contributed by atoms with Gasteiger partial charge in [0.15, 0.2) is 0 Å². The third kappa shape index (κ3) is 7.18. The summed E-state index contributed by atoms with van der Waals surface area (Å²) in [6.07, 6.45) is -0.999. The van der Waals surface area contributed by atoms with Crippen LogP contribution in [-0.2, 0) is 0 Å². The molecule has 1 aromatic heterocycles. The second-order valence-corrected chi connectivity index (χ2v) is 10.5. The zero-order chi connectivity index (χ0) is 29.1. The molecule has 0 radical (unpaired) electrons. The van der Waals surface area contributed by atoms with Crippen LogP contribution < -0.4 is 21.7 Å². The first kappa shape index (κ1) is 28.5. The lowest BCUT2D eigenvalue weighted by atomic mass is 10.1. The first-order valence-electron chi connectivity index (χ1n) is 11.7. The minimum atomic E-state index is -0.999. The Labute approximate surface area is 255 Å². The lowest BCUT2D eigenvalue weighted by Gasteiger charge is -2.11. The highest BCUT2D eigenvalue weighted by Crippen LogP contribution is 2.36. The van der Waals surface area contributed by atoms with Gasteiger partial charge in [-0.2, -0.15) is 19.3 Å². The number of halogens is 1. The molecule has 0 aliphatic carbocycles. The van der Waals surface area contributed by atoms with Crippen molar-refractivity contribution in [2.75, 3.05) is 16.0 Å². The van der Waals surface area contributed by atoms with Crippen LogP contribution in [-0.4, -0.2) is 21.0 Å². The molecule has 206 valence electrons. The summed E-state index contributed by atoms with van der Waals surface area (Å²) in [6, 6.07) is 18.4. The number of primary amides is 1. The van der Waals surface area contributed by atoms with E-state index in [0.717, 1.165) is 20.6 Å². The molecule has 2 amide bonds. The van der Waals surface area contributed by atoms with Gasteiger partial charge >= 0.3 is 12.1 Å². The molecule has 0 fully saturated rings. The molecule has 0 saturated carbocycles. The number of azo groups is 1. The van der Waals surface area contributed by atoms with E-state index in [2.05, 4.69) is 91.6 Å². The molecular weight excluding hydrogens is 602 g/mol. The van der Waals surface area contributed by atoms with E-state index in [-0.39, 0.29) is 17.6 Å². The molecule has 0 bridgehead atoms. The van der Waals surface area contributed by atoms with Crippen LogP contribution >= 0.6 is 50.5 Å². The van der Waals surface area contributed by atoms with E-state index in [1.807, 2.05) is 18.2 Å². The van der Waals surface area contributed by atoms with Crippen molar-refractivity contribution in [3.05, 3.63) is 72.8 Å². The normalized spacial score (nSPS) is 11.1. The SMILES string of the molecule is NC(=O)Nc1cc(Nc2nc(F)nc(Nc3cccc(S)c3)n2)ccc1N=Nc1cc2c(S)cc(S)cc2cc1S. The van der Waals surface area contributed by atoms with E-state index in [0.29, 0.717) is 32.5 Å². The Morgan fingerprint density at radius 2 is 1.46 bits per heavy atom. The number of amides is 2. The van der Waals surface area contributed by atoms with Crippen LogP contribution in [0.3, 0.4) is 0 Å². The zero-order valence-corrected chi connectivity index (χ0v) is 24.3. The molecular formula is C26H20FN9OS4. The van der Waals surface area contributed by atoms with Crippen molar-refractivity contribution in [1.29, 1.82) is 0 Å². The highest BCUT2D eigenvalue weighted by molar-refractivity contribution is 7.81. The van der Waals surface area contributed by atoms with Crippen LogP contribution in [0.5, 0.6) is 0 Å². The van der Waals surface area contributed by atoms with Gasteiger partial charge in [0.2, 0.25) is 11.9 Å². The van der Waals surface area contributed by atoms with Crippen LogP contribution in [0.2, 0.25) is 0 Å². The zero-order valence-electron chi connectivity index (χ0n) is 20.7. The molecule has 41 heavy (non-hydrogen) atoms. The fourth-order valence-electron chi connectivity index (χ4n) is 3.78. The predicted octanol–water partition coefficient (Wildman–Crippen LogP) is 7.71. The van der Waals surface area contributed by atoms with Crippen molar-refractivity contribution < 1.29 is 9.18 Å². The molecule has 0 atom stereocenters. The topological polar surface area (TPSA) is 143 Å². The second-order valence-electron chi connectivity index (χ2n) is 8.50. The molecule has 1 heterocycles. The van der Waals surface area contributed by atoms with E-state index in [9.17, 15) is 9.18 Å². The van der Waals surface area contributed by atoms with Crippen molar-refractivity contribution in [2.45, 2.75) is 19.6 Å². The Kier molecular flexibility index (Phi) is 8.49. The number of thiol groups is 4. The fourth-order valence-corrected chi connectivity index (χ4v) is 4.95. The summed E-state index contributed by atoms with van der Waals surface area (Å²) in [6.45, 7) is 0. The Morgan fingerprint density at radius 3 is 2.17 bits per heavy atom. The maximum absolute atomic E-state index is 14.2. The number of nitrogens with two attached hydrogens (primary N) is 1. The number of anilines is 5. The van der Waals surface area contributed by atoms with Crippen molar-refractivity contribution in [3.63, 3.8) is 0 Å². The van der Waals surface area contributed by atoms with Crippen LogP contribution in [0.15, 0.2) is 96.5 Å². The first-order valence-corrected chi connectivity index (χ1v) is 13.5. The smallest absolute Gasteiger partial charge is 0.316 e. The molecule has 15 heteroatoms. The van der Waals surface area contributed by atoms with Crippen LogP contribution in [0, 0.1) is 6.08 Å². The maximum Gasteiger partial charge on any atom is 0.316 e. The quantitative estimate of drug-likeness (QED) is 0.0691. The van der Waals surface area contributed by atoms with Gasteiger partial charge in [0, 0.05) is 31.0 Å². The van der Waals surface area contributed by atoms with Gasteiger partial charge in [0.05, 0.1) is 11.4 Å². The Morgan fingerprint density at radius 1 is 0.756 bits per heavy atom. The monoisotopic (exact) mass is 621 g/mol. The molecule has 0 spiro atoms. The maximum atomic E-state index is 14.2. The number of carbonyl (C=O) groups excluding carboxylic acids is 1. The number of hydrogen-bond donors (Lipinski definition) is 8. The Bertz CT molecular complexity index is 1840. The van der Waals surface area contributed by atoms with Gasteiger partial charge in [0.25, 0.3) is 0 Å². The summed E-state index contributed by atoms with van der Waals surface area (Å²) in [5.74, 6) is -0.100. The lowest BCUT2D eigenvalue weighted by molar-refractivity contribution is 0.259. The highest BCUT2D eigenvalue weighted by Gasteiger charge is 2.11. The van der Waals surface area contributed by atoms with Gasteiger partial charge < -0.3 is 21.7 Å². The number of fused-ring (bicyclic) bond motifs is 1. The summed E-state index contributed by atoms with van der Waals surface area (Å²) in [4.78, 5) is 26.1.